The van der Waals surface area contributed by atoms with Gasteiger partial charge in [0, 0.05) is 0 Å². The summed E-state index contributed by atoms with van der Waals surface area (Å²) >= 11 is 0. The highest BCUT2D eigenvalue weighted by Gasteiger charge is 2.35. The van der Waals surface area contributed by atoms with Crippen molar-refractivity contribution in [3.8, 4) is 5.75 Å². The quantitative estimate of drug-likeness (QED) is 0.378. The second-order valence-electron chi connectivity index (χ2n) is 6.99. The van der Waals surface area contributed by atoms with Crippen LogP contribution >= 0.6 is 0 Å². The van der Waals surface area contributed by atoms with Gasteiger partial charge in [0.15, 0.2) is 0 Å². The third-order valence-corrected chi connectivity index (χ3v) is 4.89. The van der Waals surface area contributed by atoms with Crippen LogP contribution in [-0.4, -0.2) is 36.5 Å². The van der Waals surface area contributed by atoms with Crippen LogP contribution in [-0.2, 0) is 20.9 Å². The van der Waals surface area contributed by atoms with E-state index in [1.807, 2.05) is 18.2 Å². The van der Waals surface area contributed by atoms with Crippen molar-refractivity contribution in [3.05, 3.63) is 83.6 Å². The predicted octanol–water partition coefficient (Wildman–Crippen LogP) is 3.48. The van der Waals surface area contributed by atoms with Crippen LogP contribution in [0.25, 0.3) is 16.8 Å². The highest BCUT2D eigenvalue weighted by atomic mass is 16.5. The molecule has 1 fully saturated rings. The zero-order valence-electron chi connectivity index (χ0n) is 16.8. The summed E-state index contributed by atoms with van der Waals surface area (Å²) in [5, 5.41) is 4.81. The number of benzene rings is 3. The molecule has 1 N–H and O–H groups in total. The minimum atomic E-state index is -0.669. The fraction of sp³-hybridized carbons (Fsp3) is 0.125. The van der Waals surface area contributed by atoms with Gasteiger partial charge in [0.1, 0.15) is 24.6 Å². The van der Waals surface area contributed by atoms with E-state index in [0.717, 1.165) is 15.8 Å². The molecule has 1 aliphatic heterocycles. The molecule has 7 nitrogen and oxygen atoms in total. The smallest absolute Gasteiger partial charge is 0.329 e. The maximum atomic E-state index is 12.3. The number of nitrogens with zero attached hydrogens (tertiary/aromatic N) is 1. The van der Waals surface area contributed by atoms with Gasteiger partial charge in [0.2, 0.25) is 0 Å². The van der Waals surface area contributed by atoms with E-state index >= 15 is 0 Å². The number of carbonyl (C=O) groups excluding carboxylic acids is 3. The van der Waals surface area contributed by atoms with Gasteiger partial charge >= 0.3 is 12.0 Å². The van der Waals surface area contributed by atoms with Gasteiger partial charge in [-0.05, 0) is 46.2 Å². The molecule has 31 heavy (non-hydrogen) atoms. The molecule has 0 saturated carbocycles. The van der Waals surface area contributed by atoms with E-state index in [4.69, 9.17) is 4.74 Å². The Balaban J connectivity index is 1.40. The molecule has 0 unspecified atom stereocenters. The van der Waals surface area contributed by atoms with Crippen molar-refractivity contribution < 1.29 is 23.9 Å². The van der Waals surface area contributed by atoms with Crippen molar-refractivity contribution in [2.75, 3.05) is 13.7 Å². The molecule has 3 aromatic rings. The topological polar surface area (TPSA) is 84.9 Å². The van der Waals surface area contributed by atoms with E-state index in [-0.39, 0.29) is 5.70 Å². The first-order valence-corrected chi connectivity index (χ1v) is 9.65. The van der Waals surface area contributed by atoms with Gasteiger partial charge in [0.05, 0.1) is 7.11 Å². The lowest BCUT2D eigenvalue weighted by Gasteiger charge is -2.09. The number of ether oxygens (including phenoxy) is 2. The molecule has 0 atom stereocenters. The van der Waals surface area contributed by atoms with Gasteiger partial charge in [-0.15, -0.1) is 0 Å². The molecule has 0 aromatic heterocycles. The Hall–Kier alpha value is -4.13. The molecule has 3 aromatic carbocycles. The average molecular weight is 416 g/mol. The van der Waals surface area contributed by atoms with Crippen LogP contribution in [0.4, 0.5) is 4.79 Å². The fourth-order valence-electron chi connectivity index (χ4n) is 3.23. The number of hydrogen-bond donors (Lipinski definition) is 1. The molecule has 0 aliphatic carbocycles. The van der Waals surface area contributed by atoms with Gasteiger partial charge in [-0.3, -0.25) is 9.59 Å². The number of imide groups is 1. The number of amides is 3. The Labute approximate surface area is 178 Å². The van der Waals surface area contributed by atoms with Gasteiger partial charge in [-0.1, -0.05) is 48.5 Å². The van der Waals surface area contributed by atoms with E-state index in [9.17, 15) is 14.4 Å². The molecule has 0 spiro atoms. The second-order valence-corrected chi connectivity index (χ2v) is 6.99. The highest BCUT2D eigenvalue weighted by Crippen LogP contribution is 2.20. The summed E-state index contributed by atoms with van der Waals surface area (Å²) in [6.45, 7) is 0.00234. The molecule has 1 saturated heterocycles. The number of rotatable bonds is 6. The van der Waals surface area contributed by atoms with Gasteiger partial charge in [-0.2, -0.15) is 0 Å². The Morgan fingerprint density at radius 2 is 1.74 bits per heavy atom. The number of nitrogens with one attached hydrogen (secondary N) is 1. The lowest BCUT2D eigenvalue weighted by Crippen LogP contribution is -2.36. The zero-order chi connectivity index (χ0) is 21.8. The maximum absolute atomic E-state index is 12.3. The van der Waals surface area contributed by atoms with Gasteiger partial charge in [-0.25, -0.2) is 9.69 Å². The van der Waals surface area contributed by atoms with Gasteiger partial charge < -0.3 is 14.8 Å². The van der Waals surface area contributed by atoms with Crippen molar-refractivity contribution in [2.24, 2.45) is 0 Å². The van der Waals surface area contributed by atoms with E-state index < -0.39 is 24.5 Å². The second kappa shape index (κ2) is 8.71. The maximum Gasteiger partial charge on any atom is 0.329 e. The summed E-state index contributed by atoms with van der Waals surface area (Å²) in [6, 6.07) is 20.9. The Bertz CT molecular complexity index is 1180. The summed E-state index contributed by atoms with van der Waals surface area (Å²) in [4.78, 5) is 36.4. The van der Waals surface area contributed by atoms with Crippen LogP contribution in [0, 0.1) is 0 Å². The van der Waals surface area contributed by atoms with Crippen molar-refractivity contribution in [3.63, 3.8) is 0 Å². The van der Waals surface area contributed by atoms with Crippen LogP contribution in [0.3, 0.4) is 0 Å². The first kappa shape index (κ1) is 20.2. The van der Waals surface area contributed by atoms with Crippen LogP contribution in [0.1, 0.15) is 11.1 Å². The monoisotopic (exact) mass is 416 g/mol. The molecular formula is C24H20N2O5. The molecule has 0 radical (unpaired) electrons. The largest absolute Gasteiger partial charge is 0.489 e. The van der Waals surface area contributed by atoms with Crippen molar-refractivity contribution in [1.29, 1.82) is 0 Å². The minimum Gasteiger partial charge on any atom is -0.489 e. The number of fused-ring (bicyclic) bond motifs is 1. The summed E-state index contributed by atoms with van der Waals surface area (Å²) in [5.74, 6) is -0.561. The average Bonchev–Trinajstić information content (AvgIpc) is 3.05. The lowest BCUT2D eigenvalue weighted by atomic mass is 10.1. The Morgan fingerprint density at radius 1 is 1.00 bits per heavy atom. The van der Waals surface area contributed by atoms with Crippen LogP contribution in [0.5, 0.6) is 5.75 Å². The summed E-state index contributed by atoms with van der Waals surface area (Å²) in [6.07, 6.45) is 1.55. The van der Waals surface area contributed by atoms with E-state index in [0.29, 0.717) is 17.9 Å². The van der Waals surface area contributed by atoms with Crippen molar-refractivity contribution >= 4 is 34.8 Å². The third kappa shape index (κ3) is 4.56. The number of urea groups is 1. The number of esters is 1. The summed E-state index contributed by atoms with van der Waals surface area (Å²) in [7, 11) is 1.20. The third-order valence-electron chi connectivity index (χ3n) is 4.89. The highest BCUT2D eigenvalue weighted by molar-refractivity contribution is 6.15. The molecule has 7 heteroatoms. The van der Waals surface area contributed by atoms with Crippen molar-refractivity contribution in [2.45, 2.75) is 6.61 Å². The van der Waals surface area contributed by atoms with Crippen LogP contribution in [0.15, 0.2) is 72.4 Å². The van der Waals surface area contributed by atoms with Crippen LogP contribution in [0.2, 0.25) is 0 Å². The predicted molar refractivity (Wildman–Crippen MR) is 115 cm³/mol. The fourth-order valence-corrected chi connectivity index (χ4v) is 3.23. The molecule has 4 rings (SSSR count). The molecular weight excluding hydrogens is 396 g/mol. The van der Waals surface area contributed by atoms with E-state index in [1.165, 1.54) is 12.5 Å². The van der Waals surface area contributed by atoms with Crippen LogP contribution < -0.4 is 10.1 Å². The normalized spacial score (nSPS) is 14.7. The van der Waals surface area contributed by atoms with E-state index in [2.05, 4.69) is 34.3 Å². The first-order chi connectivity index (χ1) is 15.0. The first-order valence-electron chi connectivity index (χ1n) is 9.65. The molecule has 0 bridgehead atoms. The molecule has 156 valence electrons. The standard InChI is InChI=1S/C24H20N2O5/c1-30-22(27)14-26-23(28)21(25-24(26)29)13-16-7-10-20(11-8-16)31-15-17-6-9-18-4-2-3-5-19(18)12-17/h2-13H,14-15H2,1H3,(H,25,29)/b21-13+. The molecule has 3 amide bonds. The molecule has 1 heterocycles. The number of carbonyl (C=O) groups is 3. The Morgan fingerprint density at radius 3 is 2.48 bits per heavy atom. The van der Waals surface area contributed by atoms with Gasteiger partial charge in [0.25, 0.3) is 5.91 Å². The number of methoxy groups -OCH3 is 1. The Kier molecular flexibility index (Phi) is 5.66. The lowest BCUT2D eigenvalue weighted by molar-refractivity contribution is -0.143. The number of hydrogen-bond acceptors (Lipinski definition) is 5. The zero-order valence-corrected chi connectivity index (χ0v) is 16.8. The van der Waals surface area contributed by atoms with E-state index in [1.54, 1.807) is 30.3 Å². The molecule has 1 aliphatic rings. The summed E-state index contributed by atoms with van der Waals surface area (Å²) < 4.78 is 10.4. The SMILES string of the molecule is COC(=O)CN1C(=O)N/C(=C/c2ccc(OCc3ccc4ccccc4c3)cc2)C1=O. The summed E-state index contributed by atoms with van der Waals surface area (Å²) in [5.41, 5.74) is 1.87. The minimum absolute atomic E-state index is 0.0961. The van der Waals surface area contributed by atoms with Crippen molar-refractivity contribution in [1.82, 2.24) is 10.2 Å².